The third-order valence-corrected chi connectivity index (χ3v) is 2.69. The number of amides is 1. The van der Waals surface area contributed by atoms with E-state index in [1.165, 1.54) is 0 Å². The van der Waals surface area contributed by atoms with Gasteiger partial charge in [-0.1, -0.05) is 11.6 Å². The number of halogens is 2. The first-order valence-electron chi connectivity index (χ1n) is 3.87. The number of nitrogens with one attached hydrogen (secondary N) is 1. The van der Waals surface area contributed by atoms with Crippen molar-refractivity contribution in [2.45, 2.75) is 13.0 Å². The summed E-state index contributed by atoms with van der Waals surface area (Å²) in [5, 5.41) is 3.32. The highest BCUT2D eigenvalue weighted by Crippen LogP contribution is 2.20. The average Bonchev–Trinajstić information content (AvgIpc) is 2.11. The van der Waals surface area contributed by atoms with Crippen LogP contribution in [0, 0.1) is 3.57 Å². The molecule has 0 saturated heterocycles. The highest BCUT2D eigenvalue weighted by atomic mass is 127. The number of nitrogens with zero attached hydrogens (tertiary/aromatic N) is 1. The van der Waals surface area contributed by atoms with Gasteiger partial charge >= 0.3 is 0 Å². The average molecular weight is 326 g/mol. The highest BCUT2D eigenvalue weighted by molar-refractivity contribution is 14.1. The van der Waals surface area contributed by atoms with Crippen molar-refractivity contribution >= 4 is 45.8 Å². The van der Waals surface area contributed by atoms with Crippen molar-refractivity contribution < 1.29 is 4.79 Å². The molecule has 0 bridgehead atoms. The SMILES string of the molecule is CC(Nc1cc(Cl)ncc1I)C(N)=O. The number of anilines is 1. The Hall–Kier alpha value is -0.560. The minimum atomic E-state index is -0.429. The van der Waals surface area contributed by atoms with Crippen LogP contribution in [0.15, 0.2) is 12.3 Å². The third kappa shape index (κ3) is 2.98. The van der Waals surface area contributed by atoms with E-state index >= 15 is 0 Å². The van der Waals surface area contributed by atoms with Crippen LogP contribution in [-0.2, 0) is 4.79 Å². The van der Waals surface area contributed by atoms with Gasteiger partial charge < -0.3 is 11.1 Å². The van der Waals surface area contributed by atoms with Gasteiger partial charge in [-0.3, -0.25) is 4.79 Å². The molecule has 1 aromatic heterocycles. The molecule has 0 fully saturated rings. The zero-order valence-corrected chi connectivity index (χ0v) is 10.3. The normalized spacial score (nSPS) is 12.2. The van der Waals surface area contributed by atoms with Crippen molar-refractivity contribution in [3.63, 3.8) is 0 Å². The van der Waals surface area contributed by atoms with Gasteiger partial charge in [-0.15, -0.1) is 0 Å². The van der Waals surface area contributed by atoms with Gasteiger partial charge in [0.05, 0.1) is 9.26 Å². The second kappa shape index (κ2) is 4.79. The van der Waals surface area contributed by atoms with Gasteiger partial charge in [-0.2, -0.15) is 0 Å². The number of hydrogen-bond donors (Lipinski definition) is 2. The Labute approximate surface area is 100 Å². The molecule has 14 heavy (non-hydrogen) atoms. The van der Waals surface area contributed by atoms with Gasteiger partial charge in [0.2, 0.25) is 5.91 Å². The van der Waals surface area contributed by atoms with Crippen LogP contribution in [0.4, 0.5) is 5.69 Å². The Morgan fingerprint density at radius 1 is 1.79 bits per heavy atom. The minimum Gasteiger partial charge on any atom is -0.373 e. The fourth-order valence-electron chi connectivity index (χ4n) is 0.828. The number of hydrogen-bond acceptors (Lipinski definition) is 3. The van der Waals surface area contributed by atoms with E-state index in [-0.39, 0.29) is 0 Å². The van der Waals surface area contributed by atoms with E-state index in [1.54, 1.807) is 19.2 Å². The number of primary amides is 1. The monoisotopic (exact) mass is 325 g/mol. The molecular weight excluding hydrogens is 316 g/mol. The van der Waals surface area contributed by atoms with E-state index in [1.807, 2.05) is 0 Å². The summed E-state index contributed by atoms with van der Waals surface area (Å²) in [6, 6.07) is 1.23. The van der Waals surface area contributed by atoms with Gasteiger partial charge in [0.1, 0.15) is 11.2 Å². The maximum Gasteiger partial charge on any atom is 0.239 e. The van der Waals surface area contributed by atoms with Crippen molar-refractivity contribution in [2.75, 3.05) is 5.32 Å². The largest absolute Gasteiger partial charge is 0.373 e. The van der Waals surface area contributed by atoms with E-state index in [4.69, 9.17) is 17.3 Å². The van der Waals surface area contributed by atoms with Crippen LogP contribution < -0.4 is 11.1 Å². The van der Waals surface area contributed by atoms with Crippen molar-refractivity contribution in [3.8, 4) is 0 Å². The zero-order chi connectivity index (χ0) is 10.7. The molecule has 0 radical (unpaired) electrons. The molecule has 0 spiro atoms. The molecule has 6 heteroatoms. The highest BCUT2D eigenvalue weighted by Gasteiger charge is 2.10. The van der Waals surface area contributed by atoms with E-state index in [0.29, 0.717) is 5.15 Å². The molecule has 1 heterocycles. The number of carbonyl (C=O) groups excluding carboxylic acids is 1. The lowest BCUT2D eigenvalue weighted by Crippen LogP contribution is -2.32. The third-order valence-electron chi connectivity index (χ3n) is 1.62. The Balaban J connectivity index is 2.85. The molecule has 1 amide bonds. The summed E-state index contributed by atoms with van der Waals surface area (Å²) in [5.74, 6) is -0.409. The van der Waals surface area contributed by atoms with E-state index in [9.17, 15) is 4.79 Å². The predicted octanol–water partition coefficient (Wildman–Crippen LogP) is 1.63. The lowest BCUT2D eigenvalue weighted by atomic mass is 10.3. The Morgan fingerprint density at radius 3 is 3.00 bits per heavy atom. The number of nitrogens with two attached hydrogens (primary N) is 1. The second-order valence-electron chi connectivity index (χ2n) is 2.76. The summed E-state index contributed by atoms with van der Waals surface area (Å²) in [5.41, 5.74) is 5.88. The molecule has 4 nitrogen and oxygen atoms in total. The van der Waals surface area contributed by atoms with Crippen molar-refractivity contribution in [1.82, 2.24) is 4.98 Å². The Bertz CT molecular complexity index is 358. The summed E-state index contributed by atoms with van der Waals surface area (Å²) in [4.78, 5) is 14.7. The molecule has 0 aliphatic carbocycles. The van der Waals surface area contributed by atoms with E-state index in [2.05, 4.69) is 32.9 Å². The first-order chi connectivity index (χ1) is 6.50. The Kier molecular flexibility index (Phi) is 3.94. The van der Waals surface area contributed by atoms with Crippen LogP contribution >= 0.6 is 34.2 Å². The van der Waals surface area contributed by atoms with Gasteiger partial charge in [-0.25, -0.2) is 4.98 Å². The lowest BCUT2D eigenvalue weighted by Gasteiger charge is -2.12. The molecule has 0 aliphatic heterocycles. The first kappa shape index (κ1) is 11.5. The lowest BCUT2D eigenvalue weighted by molar-refractivity contribution is -0.118. The van der Waals surface area contributed by atoms with Crippen LogP contribution in [0.25, 0.3) is 0 Å². The fraction of sp³-hybridized carbons (Fsp3) is 0.250. The van der Waals surface area contributed by atoms with E-state index < -0.39 is 11.9 Å². The minimum absolute atomic E-state index is 0.379. The molecule has 1 atom stereocenters. The molecule has 3 N–H and O–H groups in total. The predicted molar refractivity (Wildman–Crippen MR) is 64.2 cm³/mol. The quantitative estimate of drug-likeness (QED) is 0.655. The van der Waals surface area contributed by atoms with Crippen molar-refractivity contribution in [3.05, 3.63) is 21.0 Å². The summed E-state index contributed by atoms with van der Waals surface area (Å²) < 4.78 is 0.889. The zero-order valence-electron chi connectivity index (χ0n) is 7.42. The number of rotatable bonds is 3. The molecule has 1 unspecified atom stereocenters. The maximum atomic E-state index is 10.8. The second-order valence-corrected chi connectivity index (χ2v) is 4.30. The molecule has 0 aromatic carbocycles. The summed E-state index contributed by atoms with van der Waals surface area (Å²) in [6.07, 6.45) is 1.62. The van der Waals surface area contributed by atoms with Gasteiger partial charge in [0.25, 0.3) is 0 Å². The molecule has 76 valence electrons. The Morgan fingerprint density at radius 2 is 2.43 bits per heavy atom. The van der Waals surface area contributed by atoms with Crippen molar-refractivity contribution in [2.24, 2.45) is 5.73 Å². The summed E-state index contributed by atoms with van der Waals surface area (Å²) in [7, 11) is 0. The first-order valence-corrected chi connectivity index (χ1v) is 5.33. The molecule has 0 aliphatic rings. The molecule has 1 aromatic rings. The summed E-state index contributed by atoms with van der Waals surface area (Å²) in [6.45, 7) is 1.69. The number of pyridine rings is 1. The molecule has 0 saturated carbocycles. The van der Waals surface area contributed by atoms with Gasteiger partial charge in [-0.05, 0) is 35.6 Å². The number of carbonyl (C=O) groups is 1. The van der Waals surface area contributed by atoms with Crippen LogP contribution in [0.1, 0.15) is 6.92 Å². The molecular formula is C8H9ClIN3O. The van der Waals surface area contributed by atoms with Crippen LogP contribution in [0.5, 0.6) is 0 Å². The smallest absolute Gasteiger partial charge is 0.239 e. The number of aromatic nitrogens is 1. The summed E-state index contributed by atoms with van der Waals surface area (Å²) >= 11 is 7.81. The van der Waals surface area contributed by atoms with Crippen LogP contribution in [0.2, 0.25) is 5.15 Å². The molecule has 1 rings (SSSR count). The standard InChI is InChI=1S/C8H9ClIN3O/c1-4(8(11)14)13-6-2-7(9)12-3-5(6)10/h2-4H,1H3,(H2,11,14)(H,12,13). The topological polar surface area (TPSA) is 68.0 Å². The van der Waals surface area contributed by atoms with Gasteiger partial charge in [0.15, 0.2) is 0 Å². The van der Waals surface area contributed by atoms with Gasteiger partial charge in [0, 0.05) is 6.20 Å². The van der Waals surface area contributed by atoms with Crippen LogP contribution in [0.3, 0.4) is 0 Å². The fourth-order valence-corrected chi connectivity index (χ4v) is 1.44. The van der Waals surface area contributed by atoms with Crippen molar-refractivity contribution in [1.29, 1.82) is 0 Å². The van der Waals surface area contributed by atoms with E-state index in [0.717, 1.165) is 9.26 Å². The van der Waals surface area contributed by atoms with Crippen LogP contribution in [-0.4, -0.2) is 16.9 Å². The maximum absolute atomic E-state index is 10.8.